The van der Waals surface area contributed by atoms with Gasteiger partial charge in [-0.25, -0.2) is 4.68 Å². The predicted molar refractivity (Wildman–Crippen MR) is 116 cm³/mol. The predicted octanol–water partition coefficient (Wildman–Crippen LogP) is 4.01. The molecule has 30 heavy (non-hydrogen) atoms. The highest BCUT2D eigenvalue weighted by atomic mass is 16.5. The van der Waals surface area contributed by atoms with E-state index in [0.29, 0.717) is 42.4 Å². The Labute approximate surface area is 176 Å². The minimum atomic E-state index is -0.329. The van der Waals surface area contributed by atoms with E-state index in [9.17, 15) is 9.59 Å². The Hall–Kier alpha value is -3.61. The summed E-state index contributed by atoms with van der Waals surface area (Å²) in [6.45, 7) is 7.43. The summed E-state index contributed by atoms with van der Waals surface area (Å²) in [4.78, 5) is 27.6. The molecule has 0 unspecified atom stereocenters. The third-order valence-corrected chi connectivity index (χ3v) is 4.71. The summed E-state index contributed by atoms with van der Waals surface area (Å²) in [6, 6.07) is 16.3. The number of hydrogen-bond acceptors (Lipinski definition) is 4. The van der Waals surface area contributed by atoms with Gasteiger partial charge in [-0.3, -0.25) is 9.59 Å². The molecule has 0 aliphatic rings. The monoisotopic (exact) mass is 406 g/mol. The van der Waals surface area contributed by atoms with Crippen LogP contribution in [0.3, 0.4) is 0 Å². The summed E-state index contributed by atoms with van der Waals surface area (Å²) < 4.78 is 7.00. The van der Waals surface area contributed by atoms with Gasteiger partial charge >= 0.3 is 0 Å². The maximum atomic E-state index is 13.0. The van der Waals surface area contributed by atoms with Gasteiger partial charge in [0, 0.05) is 18.7 Å². The molecule has 0 aliphatic heterocycles. The van der Waals surface area contributed by atoms with Crippen LogP contribution >= 0.6 is 0 Å². The molecule has 0 saturated heterocycles. The average Bonchev–Trinajstić information content (AvgIpc) is 3.19. The third kappa shape index (κ3) is 4.51. The van der Waals surface area contributed by atoms with Gasteiger partial charge in [-0.05, 0) is 57.2 Å². The van der Waals surface area contributed by atoms with Crippen LogP contribution in [0.2, 0.25) is 0 Å². The van der Waals surface area contributed by atoms with Crippen molar-refractivity contribution in [2.24, 2.45) is 0 Å². The molecule has 1 aromatic heterocycles. The minimum Gasteiger partial charge on any atom is -0.494 e. The number of para-hydroxylation sites is 1. The lowest BCUT2D eigenvalue weighted by Crippen LogP contribution is -2.31. The van der Waals surface area contributed by atoms with Crippen LogP contribution in [0.4, 0.5) is 5.82 Å². The molecular formula is C23H26N4O3. The molecule has 0 radical (unpaired) electrons. The summed E-state index contributed by atoms with van der Waals surface area (Å²) in [7, 11) is 0. The van der Waals surface area contributed by atoms with E-state index in [1.165, 1.54) is 6.20 Å². The molecule has 0 saturated carbocycles. The lowest BCUT2D eigenvalue weighted by Gasteiger charge is -2.19. The van der Waals surface area contributed by atoms with Crippen molar-refractivity contribution >= 4 is 17.6 Å². The molecule has 156 valence electrons. The fraction of sp³-hybridized carbons (Fsp3) is 0.261. The van der Waals surface area contributed by atoms with E-state index in [-0.39, 0.29) is 11.8 Å². The Morgan fingerprint density at radius 1 is 1.00 bits per heavy atom. The van der Waals surface area contributed by atoms with Gasteiger partial charge in [-0.2, -0.15) is 5.10 Å². The molecule has 0 aliphatic carbocycles. The molecule has 0 spiro atoms. The molecule has 2 amide bonds. The maximum Gasteiger partial charge on any atom is 0.259 e. The normalized spacial score (nSPS) is 10.5. The summed E-state index contributed by atoms with van der Waals surface area (Å²) >= 11 is 0. The van der Waals surface area contributed by atoms with E-state index in [0.717, 1.165) is 5.69 Å². The van der Waals surface area contributed by atoms with E-state index < -0.39 is 0 Å². The largest absolute Gasteiger partial charge is 0.494 e. The Morgan fingerprint density at radius 3 is 2.27 bits per heavy atom. The van der Waals surface area contributed by atoms with Crippen LogP contribution in [0.15, 0.2) is 60.8 Å². The van der Waals surface area contributed by atoms with Crippen LogP contribution in [0.1, 0.15) is 41.5 Å². The highest BCUT2D eigenvalue weighted by Crippen LogP contribution is 2.23. The van der Waals surface area contributed by atoms with Crippen LogP contribution in [-0.2, 0) is 0 Å². The fourth-order valence-electron chi connectivity index (χ4n) is 3.12. The van der Waals surface area contributed by atoms with Crippen molar-refractivity contribution in [2.75, 3.05) is 25.0 Å². The zero-order chi connectivity index (χ0) is 21.5. The first-order valence-corrected chi connectivity index (χ1v) is 10.1. The van der Waals surface area contributed by atoms with E-state index in [2.05, 4.69) is 10.4 Å². The summed E-state index contributed by atoms with van der Waals surface area (Å²) in [5.41, 5.74) is 1.56. The molecule has 7 nitrogen and oxygen atoms in total. The first-order valence-electron chi connectivity index (χ1n) is 10.1. The summed E-state index contributed by atoms with van der Waals surface area (Å²) in [6.07, 6.45) is 1.50. The number of benzene rings is 2. The van der Waals surface area contributed by atoms with Crippen molar-refractivity contribution in [1.29, 1.82) is 0 Å². The second-order valence-electron chi connectivity index (χ2n) is 6.54. The summed E-state index contributed by atoms with van der Waals surface area (Å²) in [5, 5.41) is 7.26. The van der Waals surface area contributed by atoms with E-state index in [4.69, 9.17) is 4.74 Å². The van der Waals surface area contributed by atoms with Crippen LogP contribution in [0.25, 0.3) is 5.69 Å². The smallest absolute Gasteiger partial charge is 0.259 e. The number of carbonyl (C=O) groups is 2. The van der Waals surface area contributed by atoms with E-state index in [1.54, 1.807) is 33.8 Å². The molecular weight excluding hydrogens is 380 g/mol. The van der Waals surface area contributed by atoms with Gasteiger partial charge in [-0.1, -0.05) is 18.2 Å². The summed E-state index contributed by atoms with van der Waals surface area (Å²) in [5.74, 6) is 0.534. The van der Waals surface area contributed by atoms with Crippen molar-refractivity contribution in [1.82, 2.24) is 14.7 Å². The standard InChI is InChI=1S/C23H26N4O3/c1-4-26(5-2)23(29)20-16-24-27(18-10-8-7-9-11-18)21(20)25-22(28)17-12-14-19(15-13-17)30-6-3/h7-16H,4-6H2,1-3H3,(H,25,28). The SMILES string of the molecule is CCOc1ccc(C(=O)Nc2c(C(=O)N(CC)CC)cnn2-c2ccccc2)cc1. The first kappa shape index (κ1) is 21.1. The second-order valence-corrected chi connectivity index (χ2v) is 6.54. The van der Waals surface area contributed by atoms with Crippen molar-refractivity contribution in [3.05, 3.63) is 71.9 Å². The van der Waals surface area contributed by atoms with Crippen LogP contribution in [-0.4, -0.2) is 46.2 Å². The van der Waals surface area contributed by atoms with Crippen molar-refractivity contribution in [2.45, 2.75) is 20.8 Å². The Morgan fingerprint density at radius 2 is 1.67 bits per heavy atom. The number of nitrogens with zero attached hydrogens (tertiary/aromatic N) is 3. The molecule has 7 heteroatoms. The number of carbonyl (C=O) groups excluding carboxylic acids is 2. The quantitative estimate of drug-likeness (QED) is 0.613. The van der Waals surface area contributed by atoms with Crippen LogP contribution in [0, 0.1) is 0 Å². The van der Waals surface area contributed by atoms with Gasteiger partial charge in [0.2, 0.25) is 0 Å². The van der Waals surface area contributed by atoms with Gasteiger partial charge in [0.05, 0.1) is 18.5 Å². The second kappa shape index (κ2) is 9.73. The van der Waals surface area contributed by atoms with Gasteiger partial charge in [0.25, 0.3) is 11.8 Å². The molecule has 0 atom stereocenters. The van der Waals surface area contributed by atoms with Gasteiger partial charge in [0.15, 0.2) is 0 Å². The number of nitrogens with one attached hydrogen (secondary N) is 1. The highest BCUT2D eigenvalue weighted by Gasteiger charge is 2.23. The lowest BCUT2D eigenvalue weighted by atomic mass is 10.2. The maximum absolute atomic E-state index is 13.0. The topological polar surface area (TPSA) is 76.5 Å². The number of aromatic nitrogens is 2. The Bertz CT molecular complexity index is 993. The lowest BCUT2D eigenvalue weighted by molar-refractivity contribution is 0.0774. The Kier molecular flexibility index (Phi) is 6.85. The molecule has 0 fully saturated rings. The molecule has 1 heterocycles. The zero-order valence-electron chi connectivity index (χ0n) is 17.5. The number of anilines is 1. The fourth-order valence-corrected chi connectivity index (χ4v) is 3.12. The number of rotatable bonds is 8. The van der Waals surface area contributed by atoms with Crippen molar-refractivity contribution in [3.8, 4) is 11.4 Å². The molecule has 2 aromatic carbocycles. The molecule has 3 aromatic rings. The van der Waals surface area contributed by atoms with Crippen LogP contribution < -0.4 is 10.1 Å². The zero-order valence-corrected chi connectivity index (χ0v) is 17.5. The Balaban J connectivity index is 1.97. The van der Waals surface area contributed by atoms with E-state index >= 15 is 0 Å². The van der Waals surface area contributed by atoms with Gasteiger partial charge in [0.1, 0.15) is 17.1 Å². The number of hydrogen-bond donors (Lipinski definition) is 1. The number of amides is 2. The minimum absolute atomic E-state index is 0.177. The molecule has 3 rings (SSSR count). The van der Waals surface area contributed by atoms with Gasteiger partial charge < -0.3 is 15.0 Å². The number of ether oxygens (including phenoxy) is 1. The first-order chi connectivity index (χ1) is 14.6. The van der Waals surface area contributed by atoms with Crippen LogP contribution in [0.5, 0.6) is 5.75 Å². The van der Waals surface area contributed by atoms with E-state index in [1.807, 2.05) is 51.1 Å². The van der Waals surface area contributed by atoms with Crippen molar-refractivity contribution < 1.29 is 14.3 Å². The highest BCUT2D eigenvalue weighted by molar-refractivity contribution is 6.08. The average molecular weight is 406 g/mol. The molecule has 1 N–H and O–H groups in total. The third-order valence-electron chi connectivity index (χ3n) is 4.71. The van der Waals surface area contributed by atoms with Crippen molar-refractivity contribution in [3.63, 3.8) is 0 Å². The van der Waals surface area contributed by atoms with Gasteiger partial charge in [-0.15, -0.1) is 0 Å². The molecule has 0 bridgehead atoms.